The first-order valence-corrected chi connectivity index (χ1v) is 7.16. The molecule has 0 aliphatic rings. The van der Waals surface area contributed by atoms with Gasteiger partial charge in [-0.2, -0.15) is 0 Å². The molecule has 0 aromatic rings. The van der Waals surface area contributed by atoms with Gasteiger partial charge in [-0.05, 0) is 18.8 Å². The zero-order valence-electron chi connectivity index (χ0n) is 12.6. The molecule has 6 nitrogen and oxygen atoms in total. The number of nitrogens with zero attached hydrogens (tertiary/aromatic N) is 1. The van der Waals surface area contributed by atoms with Gasteiger partial charge in [0.05, 0.1) is 6.54 Å². The molecule has 2 N–H and O–H groups in total. The first kappa shape index (κ1) is 18.4. The highest BCUT2D eigenvalue weighted by Gasteiger charge is 2.19. The van der Waals surface area contributed by atoms with Crippen molar-refractivity contribution in [2.75, 3.05) is 19.6 Å². The number of rotatable bonds is 10. The largest absolute Gasteiger partial charge is 0.481 e. The van der Waals surface area contributed by atoms with E-state index in [1.807, 2.05) is 13.8 Å². The Hall–Kier alpha value is -1.59. The van der Waals surface area contributed by atoms with Crippen molar-refractivity contribution in [1.29, 1.82) is 0 Å². The van der Waals surface area contributed by atoms with Crippen LogP contribution in [0.2, 0.25) is 0 Å². The maximum Gasteiger partial charge on any atom is 0.303 e. The lowest BCUT2D eigenvalue weighted by Gasteiger charge is -2.23. The number of aliphatic carboxylic acids is 1. The monoisotopic (exact) mass is 286 g/mol. The topological polar surface area (TPSA) is 86.7 Å². The highest BCUT2D eigenvalue weighted by atomic mass is 16.4. The van der Waals surface area contributed by atoms with Crippen LogP contribution in [-0.2, 0) is 14.4 Å². The van der Waals surface area contributed by atoms with Gasteiger partial charge in [0.15, 0.2) is 0 Å². The molecule has 0 aromatic heterocycles. The summed E-state index contributed by atoms with van der Waals surface area (Å²) in [6.45, 7) is 6.79. The fourth-order valence-electron chi connectivity index (χ4n) is 1.85. The van der Waals surface area contributed by atoms with Gasteiger partial charge in [0, 0.05) is 25.9 Å². The maximum absolute atomic E-state index is 12.1. The number of hydrogen-bond acceptors (Lipinski definition) is 3. The Balaban J connectivity index is 4.38. The Morgan fingerprint density at radius 2 is 1.80 bits per heavy atom. The second-order valence-corrected chi connectivity index (χ2v) is 5.07. The van der Waals surface area contributed by atoms with E-state index in [0.29, 0.717) is 13.1 Å². The fourth-order valence-corrected chi connectivity index (χ4v) is 1.85. The van der Waals surface area contributed by atoms with Crippen molar-refractivity contribution in [2.45, 2.75) is 46.5 Å². The SMILES string of the molecule is CCCNC(=O)CN(CCC)C(=O)CC(C)CC(=O)O. The van der Waals surface area contributed by atoms with Crippen molar-refractivity contribution in [3.05, 3.63) is 0 Å². The molecule has 1 unspecified atom stereocenters. The van der Waals surface area contributed by atoms with E-state index in [1.165, 1.54) is 4.90 Å². The minimum absolute atomic E-state index is 0.0340. The number of hydrogen-bond donors (Lipinski definition) is 2. The lowest BCUT2D eigenvalue weighted by atomic mass is 10.0. The van der Waals surface area contributed by atoms with Crippen LogP contribution < -0.4 is 5.32 Å². The summed E-state index contributed by atoms with van der Waals surface area (Å²) in [5.74, 6) is -1.46. The highest BCUT2D eigenvalue weighted by molar-refractivity contribution is 5.85. The van der Waals surface area contributed by atoms with Crippen molar-refractivity contribution in [1.82, 2.24) is 10.2 Å². The second kappa shape index (κ2) is 10.2. The standard InChI is InChI=1S/C14H26N2O4/c1-4-6-15-12(17)10-16(7-5-2)13(18)8-11(3)9-14(19)20/h11H,4-10H2,1-3H3,(H,15,17)(H,19,20). The van der Waals surface area contributed by atoms with Gasteiger partial charge in [0.1, 0.15) is 0 Å². The fraction of sp³-hybridized carbons (Fsp3) is 0.786. The lowest BCUT2D eigenvalue weighted by molar-refractivity contribution is -0.139. The molecule has 0 fully saturated rings. The van der Waals surface area contributed by atoms with E-state index in [-0.39, 0.29) is 37.1 Å². The van der Waals surface area contributed by atoms with Gasteiger partial charge >= 0.3 is 5.97 Å². The summed E-state index contributed by atoms with van der Waals surface area (Å²) in [5, 5.41) is 11.4. The lowest BCUT2D eigenvalue weighted by Crippen LogP contribution is -2.41. The predicted octanol–water partition coefficient (Wildman–Crippen LogP) is 1.25. The molecule has 1 atom stereocenters. The third-order valence-electron chi connectivity index (χ3n) is 2.80. The zero-order valence-corrected chi connectivity index (χ0v) is 12.6. The Morgan fingerprint density at radius 3 is 2.30 bits per heavy atom. The molecular formula is C14H26N2O4. The van der Waals surface area contributed by atoms with Crippen LogP contribution in [0.25, 0.3) is 0 Å². The normalized spacial score (nSPS) is 11.8. The quantitative estimate of drug-likeness (QED) is 0.633. The van der Waals surface area contributed by atoms with E-state index in [0.717, 1.165) is 12.8 Å². The maximum atomic E-state index is 12.1. The van der Waals surface area contributed by atoms with Crippen LogP contribution >= 0.6 is 0 Å². The number of carbonyl (C=O) groups is 3. The van der Waals surface area contributed by atoms with E-state index in [2.05, 4.69) is 5.32 Å². The van der Waals surface area contributed by atoms with Crippen molar-refractivity contribution >= 4 is 17.8 Å². The van der Waals surface area contributed by atoms with Crippen LogP contribution in [0.4, 0.5) is 0 Å². The third-order valence-corrected chi connectivity index (χ3v) is 2.80. The van der Waals surface area contributed by atoms with Gasteiger partial charge in [0.2, 0.25) is 11.8 Å². The Kier molecular flexibility index (Phi) is 9.41. The first-order valence-electron chi connectivity index (χ1n) is 7.16. The summed E-state index contributed by atoms with van der Waals surface area (Å²) in [6.07, 6.45) is 1.74. The third kappa shape index (κ3) is 8.50. The molecule has 0 bridgehead atoms. The van der Waals surface area contributed by atoms with Gasteiger partial charge in [0.25, 0.3) is 0 Å². The Bertz CT molecular complexity index is 331. The molecule has 20 heavy (non-hydrogen) atoms. The van der Waals surface area contributed by atoms with E-state index < -0.39 is 5.97 Å². The molecule has 0 aliphatic heterocycles. The van der Waals surface area contributed by atoms with Crippen LogP contribution in [0.5, 0.6) is 0 Å². The molecular weight excluding hydrogens is 260 g/mol. The van der Waals surface area contributed by atoms with E-state index in [1.54, 1.807) is 6.92 Å². The molecule has 0 radical (unpaired) electrons. The van der Waals surface area contributed by atoms with E-state index in [9.17, 15) is 14.4 Å². The average Bonchev–Trinajstić information content (AvgIpc) is 2.34. The number of carbonyl (C=O) groups excluding carboxylic acids is 2. The molecule has 116 valence electrons. The van der Waals surface area contributed by atoms with Gasteiger partial charge in [-0.25, -0.2) is 0 Å². The van der Waals surface area contributed by atoms with Crippen molar-refractivity contribution in [2.24, 2.45) is 5.92 Å². The highest BCUT2D eigenvalue weighted by Crippen LogP contribution is 2.10. The van der Waals surface area contributed by atoms with E-state index in [4.69, 9.17) is 5.11 Å². The zero-order chi connectivity index (χ0) is 15.5. The molecule has 0 spiro atoms. The van der Waals surface area contributed by atoms with Gasteiger partial charge in [-0.1, -0.05) is 20.8 Å². The number of carboxylic acids is 1. The van der Waals surface area contributed by atoms with Crippen LogP contribution in [0.15, 0.2) is 0 Å². The summed E-state index contributed by atoms with van der Waals surface area (Å²) >= 11 is 0. The molecule has 0 saturated carbocycles. The Labute approximate surface area is 120 Å². The molecule has 0 heterocycles. The van der Waals surface area contributed by atoms with Crippen molar-refractivity contribution < 1.29 is 19.5 Å². The van der Waals surface area contributed by atoms with Gasteiger partial charge < -0.3 is 15.3 Å². The van der Waals surface area contributed by atoms with Crippen molar-refractivity contribution in [3.63, 3.8) is 0 Å². The van der Waals surface area contributed by atoms with E-state index >= 15 is 0 Å². The smallest absolute Gasteiger partial charge is 0.303 e. The molecule has 0 saturated heterocycles. The molecule has 6 heteroatoms. The second-order valence-electron chi connectivity index (χ2n) is 5.07. The summed E-state index contributed by atoms with van der Waals surface area (Å²) in [6, 6.07) is 0. The number of nitrogens with one attached hydrogen (secondary N) is 1. The van der Waals surface area contributed by atoms with Crippen LogP contribution in [0.3, 0.4) is 0 Å². The van der Waals surface area contributed by atoms with Crippen LogP contribution in [0, 0.1) is 5.92 Å². The van der Waals surface area contributed by atoms with Crippen LogP contribution in [-0.4, -0.2) is 47.4 Å². The van der Waals surface area contributed by atoms with Crippen LogP contribution in [0.1, 0.15) is 46.5 Å². The average molecular weight is 286 g/mol. The summed E-state index contributed by atoms with van der Waals surface area (Å²) in [4.78, 5) is 35.8. The minimum Gasteiger partial charge on any atom is -0.481 e. The summed E-state index contributed by atoms with van der Waals surface area (Å²) < 4.78 is 0. The van der Waals surface area contributed by atoms with Gasteiger partial charge in [-0.15, -0.1) is 0 Å². The van der Waals surface area contributed by atoms with Crippen molar-refractivity contribution in [3.8, 4) is 0 Å². The molecule has 0 aliphatic carbocycles. The van der Waals surface area contributed by atoms with Gasteiger partial charge in [-0.3, -0.25) is 14.4 Å². The predicted molar refractivity (Wildman–Crippen MR) is 76.2 cm³/mol. The minimum atomic E-state index is -0.909. The summed E-state index contributed by atoms with van der Waals surface area (Å²) in [5.41, 5.74) is 0. The molecule has 0 rings (SSSR count). The summed E-state index contributed by atoms with van der Waals surface area (Å²) in [7, 11) is 0. The molecule has 2 amide bonds. The number of carboxylic acid groups (broad SMARTS) is 1. The Morgan fingerprint density at radius 1 is 1.15 bits per heavy atom. The first-order chi connectivity index (χ1) is 9.40. The number of amides is 2. The molecule has 0 aromatic carbocycles.